The van der Waals surface area contributed by atoms with E-state index in [0.717, 1.165) is 23.2 Å². The number of halogens is 1. The number of aryl methyl sites for hydroxylation is 1. The van der Waals surface area contributed by atoms with Crippen molar-refractivity contribution in [3.63, 3.8) is 0 Å². The second-order valence-corrected chi connectivity index (χ2v) is 5.58. The second kappa shape index (κ2) is 6.90. The monoisotopic (exact) mass is 337 g/mol. The largest absolute Gasteiger partial charge is 0.497 e. The summed E-state index contributed by atoms with van der Waals surface area (Å²) in [5.74, 6) is 0.872. The minimum atomic E-state index is 0.230. The van der Waals surface area contributed by atoms with Crippen LogP contribution in [0.3, 0.4) is 0 Å². The van der Waals surface area contributed by atoms with Gasteiger partial charge in [-0.15, -0.1) is 0 Å². The summed E-state index contributed by atoms with van der Waals surface area (Å²) in [7, 11) is 3.63. The Bertz CT molecular complexity index is 568. The van der Waals surface area contributed by atoms with Crippen LogP contribution >= 0.6 is 15.9 Å². The number of ether oxygens (including phenoxy) is 1. The molecule has 1 N–H and O–H groups in total. The normalized spacial score (nSPS) is 12.4. The molecule has 108 valence electrons. The lowest BCUT2D eigenvalue weighted by Gasteiger charge is -2.20. The predicted molar refractivity (Wildman–Crippen MR) is 84.0 cm³/mol. The van der Waals surface area contributed by atoms with Crippen LogP contribution in [-0.4, -0.2) is 23.4 Å². The van der Waals surface area contributed by atoms with Gasteiger partial charge in [-0.1, -0.05) is 22.9 Å². The summed E-state index contributed by atoms with van der Waals surface area (Å²) < 4.78 is 8.25. The molecular formula is C15H20BrN3O. The number of rotatable bonds is 6. The van der Waals surface area contributed by atoms with Gasteiger partial charge in [0.05, 0.1) is 13.3 Å². The number of hydrogen-bond donors (Lipinski definition) is 1. The van der Waals surface area contributed by atoms with Crippen molar-refractivity contribution in [1.82, 2.24) is 15.1 Å². The van der Waals surface area contributed by atoms with Crippen LogP contribution in [0.4, 0.5) is 0 Å². The summed E-state index contributed by atoms with van der Waals surface area (Å²) in [5, 5.41) is 7.76. The minimum absolute atomic E-state index is 0.230. The lowest BCUT2D eigenvalue weighted by atomic mass is 10.0. The van der Waals surface area contributed by atoms with Gasteiger partial charge >= 0.3 is 0 Å². The topological polar surface area (TPSA) is 39.1 Å². The fourth-order valence-electron chi connectivity index (χ4n) is 2.27. The van der Waals surface area contributed by atoms with Crippen LogP contribution in [0, 0.1) is 0 Å². The highest BCUT2D eigenvalue weighted by Gasteiger charge is 2.16. The molecule has 0 aliphatic rings. The van der Waals surface area contributed by atoms with Crippen molar-refractivity contribution in [2.75, 3.05) is 13.7 Å². The van der Waals surface area contributed by atoms with Gasteiger partial charge < -0.3 is 10.1 Å². The molecule has 0 bridgehead atoms. The Labute approximate surface area is 128 Å². The number of likely N-dealkylation sites (N-methyl/N-ethyl adjacent to an activating group) is 1. The Morgan fingerprint density at radius 3 is 2.85 bits per heavy atom. The Balaban J connectivity index is 2.27. The maximum Gasteiger partial charge on any atom is 0.119 e. The predicted octanol–water partition coefficient (Wildman–Crippen LogP) is 3.08. The zero-order valence-electron chi connectivity index (χ0n) is 12.1. The number of nitrogens with one attached hydrogen (secondary N) is 1. The molecule has 5 heteroatoms. The SMILES string of the molecule is CCNC(Cc1cnn(C)c1)c1cc(OC)ccc1Br. The Kier molecular flexibility index (Phi) is 5.20. The summed E-state index contributed by atoms with van der Waals surface area (Å²) in [6.07, 6.45) is 4.87. The number of aromatic nitrogens is 2. The zero-order chi connectivity index (χ0) is 14.5. The van der Waals surface area contributed by atoms with Crippen LogP contribution in [0.5, 0.6) is 5.75 Å². The van der Waals surface area contributed by atoms with Gasteiger partial charge in [-0.05, 0) is 42.3 Å². The molecule has 0 fully saturated rings. The first-order valence-corrected chi connectivity index (χ1v) is 7.47. The van der Waals surface area contributed by atoms with Gasteiger partial charge in [0.25, 0.3) is 0 Å². The van der Waals surface area contributed by atoms with Crippen molar-refractivity contribution in [1.29, 1.82) is 0 Å². The van der Waals surface area contributed by atoms with E-state index in [4.69, 9.17) is 4.74 Å². The molecule has 0 spiro atoms. The zero-order valence-corrected chi connectivity index (χ0v) is 13.6. The van der Waals surface area contributed by atoms with Crippen LogP contribution in [-0.2, 0) is 13.5 Å². The molecule has 0 radical (unpaired) electrons. The first kappa shape index (κ1) is 15.1. The van der Waals surface area contributed by atoms with E-state index < -0.39 is 0 Å². The molecule has 20 heavy (non-hydrogen) atoms. The van der Waals surface area contributed by atoms with E-state index in [1.165, 1.54) is 11.1 Å². The number of hydrogen-bond acceptors (Lipinski definition) is 3. The molecule has 0 saturated carbocycles. The van der Waals surface area contributed by atoms with Gasteiger partial charge in [0.2, 0.25) is 0 Å². The highest BCUT2D eigenvalue weighted by molar-refractivity contribution is 9.10. The molecule has 1 aromatic carbocycles. The number of nitrogens with zero attached hydrogens (tertiary/aromatic N) is 2. The second-order valence-electron chi connectivity index (χ2n) is 4.72. The van der Waals surface area contributed by atoms with Gasteiger partial charge in [0.1, 0.15) is 5.75 Å². The summed E-state index contributed by atoms with van der Waals surface area (Å²) in [4.78, 5) is 0. The van der Waals surface area contributed by atoms with E-state index >= 15 is 0 Å². The highest BCUT2D eigenvalue weighted by Crippen LogP contribution is 2.29. The molecule has 2 rings (SSSR count). The Morgan fingerprint density at radius 1 is 1.45 bits per heavy atom. The molecule has 0 aliphatic carbocycles. The summed E-state index contributed by atoms with van der Waals surface area (Å²) in [6.45, 7) is 3.03. The molecule has 1 atom stereocenters. The lowest BCUT2D eigenvalue weighted by Crippen LogP contribution is -2.23. The van der Waals surface area contributed by atoms with Crippen LogP contribution in [0.25, 0.3) is 0 Å². The Morgan fingerprint density at radius 2 is 2.25 bits per heavy atom. The van der Waals surface area contributed by atoms with Crippen LogP contribution in [0.15, 0.2) is 35.1 Å². The lowest BCUT2D eigenvalue weighted by molar-refractivity contribution is 0.412. The van der Waals surface area contributed by atoms with Gasteiger partial charge in [-0.25, -0.2) is 0 Å². The molecule has 4 nitrogen and oxygen atoms in total. The Hall–Kier alpha value is -1.33. The first-order valence-electron chi connectivity index (χ1n) is 6.68. The van der Waals surface area contributed by atoms with Crippen molar-refractivity contribution in [3.05, 3.63) is 46.2 Å². The molecule has 2 aromatic rings. The van der Waals surface area contributed by atoms with E-state index in [9.17, 15) is 0 Å². The van der Waals surface area contributed by atoms with Crippen molar-refractivity contribution >= 4 is 15.9 Å². The van der Waals surface area contributed by atoms with Crippen molar-refractivity contribution in [2.24, 2.45) is 7.05 Å². The quantitative estimate of drug-likeness (QED) is 0.880. The fourth-order valence-corrected chi connectivity index (χ4v) is 2.79. The third-order valence-corrected chi connectivity index (χ3v) is 3.95. The third kappa shape index (κ3) is 3.61. The van der Waals surface area contributed by atoms with E-state index in [0.29, 0.717) is 0 Å². The van der Waals surface area contributed by atoms with Crippen LogP contribution in [0.2, 0.25) is 0 Å². The van der Waals surface area contributed by atoms with E-state index in [1.807, 2.05) is 30.1 Å². The summed E-state index contributed by atoms with van der Waals surface area (Å²) in [6, 6.07) is 6.30. The molecule has 0 amide bonds. The standard InChI is InChI=1S/C15H20BrN3O/c1-4-17-15(7-11-9-18-19(2)10-11)13-8-12(20-3)5-6-14(13)16/h5-6,8-10,15,17H,4,7H2,1-3H3. The average Bonchev–Trinajstić information content (AvgIpc) is 2.84. The fraction of sp³-hybridized carbons (Fsp3) is 0.400. The molecule has 1 unspecified atom stereocenters. The first-order chi connectivity index (χ1) is 9.63. The van der Waals surface area contributed by atoms with Crippen LogP contribution < -0.4 is 10.1 Å². The third-order valence-electron chi connectivity index (χ3n) is 3.23. The van der Waals surface area contributed by atoms with Gasteiger partial charge in [-0.2, -0.15) is 5.10 Å². The van der Waals surface area contributed by atoms with Crippen LogP contribution in [0.1, 0.15) is 24.1 Å². The smallest absolute Gasteiger partial charge is 0.119 e. The summed E-state index contributed by atoms with van der Waals surface area (Å²) >= 11 is 3.63. The van der Waals surface area contributed by atoms with Gasteiger partial charge in [0.15, 0.2) is 0 Å². The molecule has 0 saturated heterocycles. The number of benzene rings is 1. The number of methoxy groups -OCH3 is 1. The minimum Gasteiger partial charge on any atom is -0.497 e. The van der Waals surface area contributed by atoms with Crippen molar-refractivity contribution in [2.45, 2.75) is 19.4 Å². The molecule has 1 heterocycles. The highest BCUT2D eigenvalue weighted by atomic mass is 79.9. The van der Waals surface area contributed by atoms with Crippen molar-refractivity contribution in [3.8, 4) is 5.75 Å². The maximum absolute atomic E-state index is 5.33. The van der Waals surface area contributed by atoms with Crippen molar-refractivity contribution < 1.29 is 4.74 Å². The summed E-state index contributed by atoms with van der Waals surface area (Å²) in [5.41, 5.74) is 2.42. The van der Waals surface area contributed by atoms with Gasteiger partial charge in [0, 0.05) is 23.8 Å². The van der Waals surface area contributed by atoms with E-state index in [1.54, 1.807) is 7.11 Å². The van der Waals surface area contributed by atoms with E-state index in [-0.39, 0.29) is 6.04 Å². The van der Waals surface area contributed by atoms with E-state index in [2.05, 4.69) is 45.5 Å². The average molecular weight is 338 g/mol. The van der Waals surface area contributed by atoms with Gasteiger partial charge in [-0.3, -0.25) is 4.68 Å². The molecular weight excluding hydrogens is 318 g/mol. The molecule has 0 aliphatic heterocycles. The molecule has 1 aromatic heterocycles. The maximum atomic E-state index is 5.33.